The number of nitrogens with one attached hydrogen (secondary N) is 3. The third kappa shape index (κ3) is 9.98. The van der Waals surface area contributed by atoms with Crippen LogP contribution in [-0.2, 0) is 25.5 Å². The fraction of sp³-hybridized carbons (Fsp3) is 0.667. The number of hydrogen-bond donors (Lipinski definition) is 3. The van der Waals surface area contributed by atoms with E-state index in [-0.39, 0.29) is 36.3 Å². The van der Waals surface area contributed by atoms with Gasteiger partial charge in [-0.25, -0.2) is 9.18 Å². The van der Waals surface area contributed by atoms with Crippen LogP contribution in [0.5, 0.6) is 0 Å². The van der Waals surface area contributed by atoms with E-state index in [0.29, 0.717) is 18.7 Å². The van der Waals surface area contributed by atoms with Crippen LogP contribution < -0.4 is 16.0 Å². The number of piperazine rings is 1. The molecule has 41 heavy (non-hydrogen) atoms. The molecule has 1 aliphatic carbocycles. The maximum atomic E-state index is 15.3. The summed E-state index contributed by atoms with van der Waals surface area (Å²) in [4.78, 5) is 55.1. The van der Waals surface area contributed by atoms with Crippen molar-refractivity contribution < 1.29 is 28.3 Å². The Bertz CT molecular complexity index is 1080. The Balaban J connectivity index is 1.72. The summed E-state index contributed by atoms with van der Waals surface area (Å²) in [6.07, 6.45) is 4.20. The number of alkyl carbamates (subject to hydrolysis) is 1. The van der Waals surface area contributed by atoms with Crippen LogP contribution in [0.15, 0.2) is 18.2 Å². The second kappa shape index (κ2) is 14.6. The third-order valence-electron chi connectivity index (χ3n) is 7.58. The molecule has 2 aliphatic rings. The summed E-state index contributed by atoms with van der Waals surface area (Å²) in [6.45, 7) is 9.56. The summed E-state index contributed by atoms with van der Waals surface area (Å²) in [7, 11) is 1.99. The van der Waals surface area contributed by atoms with E-state index in [1.54, 1.807) is 38.7 Å². The lowest BCUT2D eigenvalue weighted by Crippen LogP contribution is -2.54. The van der Waals surface area contributed by atoms with Gasteiger partial charge in [0, 0.05) is 39.0 Å². The highest BCUT2D eigenvalue weighted by Crippen LogP contribution is 2.28. The van der Waals surface area contributed by atoms with Crippen LogP contribution in [-0.4, -0.2) is 84.5 Å². The van der Waals surface area contributed by atoms with Crippen LogP contribution in [0.4, 0.5) is 14.9 Å². The number of amides is 4. The maximum absolute atomic E-state index is 15.3. The first-order valence-electron chi connectivity index (χ1n) is 14.7. The number of halogens is 1. The molecule has 0 spiro atoms. The number of carbonyl (C=O) groups is 4. The quantitative estimate of drug-likeness (QED) is 0.415. The molecule has 3 rings (SSSR count). The van der Waals surface area contributed by atoms with Crippen LogP contribution in [0.25, 0.3) is 0 Å². The maximum Gasteiger partial charge on any atom is 0.408 e. The second-order valence-corrected chi connectivity index (χ2v) is 12.1. The molecule has 1 aromatic rings. The normalized spacial score (nSPS) is 18.2. The van der Waals surface area contributed by atoms with Gasteiger partial charge in [0.25, 0.3) is 0 Å². The zero-order valence-electron chi connectivity index (χ0n) is 25.1. The van der Waals surface area contributed by atoms with E-state index in [1.165, 1.54) is 12.1 Å². The number of likely N-dealkylation sites (N-methyl/N-ethyl adjacent to an activating group) is 1. The molecular weight excluding hydrogens is 529 g/mol. The van der Waals surface area contributed by atoms with Crippen molar-refractivity contribution in [3.8, 4) is 0 Å². The molecule has 1 aromatic carbocycles. The Labute approximate surface area is 242 Å². The van der Waals surface area contributed by atoms with Crippen LogP contribution in [0.2, 0.25) is 0 Å². The van der Waals surface area contributed by atoms with Crippen molar-refractivity contribution in [2.45, 2.75) is 90.3 Å². The van der Waals surface area contributed by atoms with Crippen LogP contribution in [0, 0.1) is 11.7 Å². The highest BCUT2D eigenvalue weighted by molar-refractivity contribution is 5.97. The zero-order chi connectivity index (χ0) is 30.2. The van der Waals surface area contributed by atoms with Crippen molar-refractivity contribution >= 4 is 29.5 Å². The lowest BCUT2D eigenvalue weighted by Gasteiger charge is -2.34. The van der Waals surface area contributed by atoms with Gasteiger partial charge in [0.05, 0.1) is 5.69 Å². The molecule has 11 heteroatoms. The largest absolute Gasteiger partial charge is 0.444 e. The third-order valence-corrected chi connectivity index (χ3v) is 7.58. The van der Waals surface area contributed by atoms with Gasteiger partial charge in [0.15, 0.2) is 0 Å². The van der Waals surface area contributed by atoms with Gasteiger partial charge >= 0.3 is 6.09 Å². The van der Waals surface area contributed by atoms with Crippen molar-refractivity contribution in [2.75, 3.05) is 38.5 Å². The number of anilines is 1. The van der Waals surface area contributed by atoms with Crippen molar-refractivity contribution in [3.05, 3.63) is 29.6 Å². The molecule has 2 fully saturated rings. The Morgan fingerprint density at radius 1 is 1.02 bits per heavy atom. The number of ether oxygens (including phenoxy) is 1. The molecule has 0 bridgehead atoms. The molecule has 0 radical (unpaired) electrons. The van der Waals surface area contributed by atoms with E-state index in [2.05, 4.69) is 20.9 Å². The first-order chi connectivity index (χ1) is 19.4. The van der Waals surface area contributed by atoms with Gasteiger partial charge in [-0.2, -0.15) is 0 Å². The van der Waals surface area contributed by atoms with Gasteiger partial charge < -0.3 is 30.5 Å². The van der Waals surface area contributed by atoms with Gasteiger partial charge in [-0.15, -0.1) is 0 Å². The van der Waals surface area contributed by atoms with Gasteiger partial charge in [-0.05, 0) is 64.3 Å². The van der Waals surface area contributed by atoms with Crippen LogP contribution >= 0.6 is 0 Å². The molecule has 1 saturated carbocycles. The number of carbonyl (C=O) groups excluding carboxylic acids is 4. The Morgan fingerprint density at radius 3 is 2.27 bits per heavy atom. The molecular formula is C30H46FN5O5. The highest BCUT2D eigenvalue weighted by Gasteiger charge is 2.33. The van der Waals surface area contributed by atoms with Crippen molar-refractivity contribution in [1.82, 2.24) is 20.4 Å². The van der Waals surface area contributed by atoms with Gasteiger partial charge in [0.2, 0.25) is 17.7 Å². The average Bonchev–Trinajstić information content (AvgIpc) is 2.92. The highest BCUT2D eigenvalue weighted by atomic mass is 19.1. The molecule has 4 amide bonds. The topological polar surface area (TPSA) is 120 Å². The van der Waals surface area contributed by atoms with Crippen LogP contribution in [0.3, 0.4) is 0 Å². The average molecular weight is 576 g/mol. The van der Waals surface area contributed by atoms with Crippen LogP contribution in [0.1, 0.15) is 71.8 Å². The van der Waals surface area contributed by atoms with E-state index >= 15 is 4.39 Å². The molecule has 1 heterocycles. The summed E-state index contributed by atoms with van der Waals surface area (Å²) in [6, 6.07) is 2.68. The van der Waals surface area contributed by atoms with E-state index in [1.807, 2.05) is 7.05 Å². The summed E-state index contributed by atoms with van der Waals surface area (Å²) in [5.74, 6) is -1.70. The smallest absolute Gasteiger partial charge is 0.408 e. The van der Waals surface area contributed by atoms with E-state index in [4.69, 9.17) is 4.74 Å². The summed E-state index contributed by atoms with van der Waals surface area (Å²) < 4.78 is 20.6. The molecule has 2 atom stereocenters. The molecule has 228 valence electrons. The van der Waals surface area contributed by atoms with E-state index in [9.17, 15) is 19.2 Å². The lowest BCUT2D eigenvalue weighted by atomic mass is 9.83. The predicted molar refractivity (Wildman–Crippen MR) is 155 cm³/mol. The zero-order valence-corrected chi connectivity index (χ0v) is 25.1. The van der Waals surface area contributed by atoms with E-state index in [0.717, 1.165) is 45.2 Å². The number of benzene rings is 1. The Morgan fingerprint density at radius 2 is 1.68 bits per heavy atom. The molecule has 10 nitrogen and oxygen atoms in total. The minimum atomic E-state index is -0.862. The molecule has 0 aromatic heterocycles. The minimum Gasteiger partial charge on any atom is -0.444 e. The second-order valence-electron chi connectivity index (χ2n) is 12.1. The number of nitrogens with zero attached hydrogens (tertiary/aromatic N) is 2. The monoisotopic (exact) mass is 575 g/mol. The molecule has 1 aliphatic heterocycles. The van der Waals surface area contributed by atoms with E-state index < -0.39 is 35.5 Å². The summed E-state index contributed by atoms with van der Waals surface area (Å²) in [5, 5.41) is 8.14. The number of rotatable bonds is 9. The lowest BCUT2D eigenvalue weighted by molar-refractivity contribution is -0.137. The first kappa shape index (κ1) is 32.3. The molecule has 1 saturated heterocycles. The Kier molecular flexibility index (Phi) is 11.5. The van der Waals surface area contributed by atoms with Crippen molar-refractivity contribution in [1.29, 1.82) is 0 Å². The minimum absolute atomic E-state index is 0.0231. The SMILES string of the molecule is CCC(=O)NC(Cc1ccc(NC(=O)C(NC(=O)OC(C)(C)C)C2CCCCC2)c(F)c1)C(=O)N1CCN(C)CC1. The van der Waals surface area contributed by atoms with Gasteiger partial charge in [-0.3, -0.25) is 14.4 Å². The summed E-state index contributed by atoms with van der Waals surface area (Å²) >= 11 is 0. The van der Waals surface area contributed by atoms with Crippen molar-refractivity contribution in [2.24, 2.45) is 5.92 Å². The van der Waals surface area contributed by atoms with Gasteiger partial charge in [0.1, 0.15) is 23.5 Å². The molecule has 3 N–H and O–H groups in total. The predicted octanol–water partition coefficient (Wildman–Crippen LogP) is 3.45. The fourth-order valence-electron chi connectivity index (χ4n) is 5.28. The van der Waals surface area contributed by atoms with Crippen molar-refractivity contribution in [3.63, 3.8) is 0 Å². The standard InChI is InChI=1S/C30H46FN5O5/c1-6-25(37)32-24(28(39)36-16-14-35(5)15-17-36)19-20-12-13-23(22(31)18-20)33-27(38)26(21-10-8-7-9-11-21)34-29(40)41-30(2,3)4/h12-13,18,21,24,26H,6-11,14-17,19H2,1-5H3,(H,32,37)(H,33,38)(H,34,40). The first-order valence-corrected chi connectivity index (χ1v) is 14.7. The fourth-order valence-corrected chi connectivity index (χ4v) is 5.28. The molecule has 2 unspecified atom stereocenters. The van der Waals surface area contributed by atoms with Gasteiger partial charge in [-0.1, -0.05) is 32.3 Å². The Hall–Kier alpha value is -3.21. The summed E-state index contributed by atoms with van der Waals surface area (Å²) in [5.41, 5.74) is -0.232. The number of hydrogen-bond acceptors (Lipinski definition) is 6.